The van der Waals surface area contributed by atoms with E-state index in [2.05, 4.69) is 10.6 Å². The van der Waals surface area contributed by atoms with Gasteiger partial charge in [-0.05, 0) is 48.5 Å². The first kappa shape index (κ1) is 19.7. The Bertz CT molecular complexity index is 1100. The Morgan fingerprint density at radius 3 is 2.33 bits per heavy atom. The molecule has 0 unspecified atom stereocenters. The SMILES string of the molecule is O=C(C[C@H]1C(=O)Nc2ccccc2N1C(=O)c1ccc(Cl)cc1)Nc1ccccc1. The largest absolute Gasteiger partial charge is 0.326 e. The summed E-state index contributed by atoms with van der Waals surface area (Å²) in [5, 5.41) is 6.06. The second-order valence-electron chi connectivity index (χ2n) is 6.82. The van der Waals surface area contributed by atoms with Gasteiger partial charge in [0.25, 0.3) is 5.91 Å². The van der Waals surface area contributed by atoms with Crippen LogP contribution in [0, 0.1) is 0 Å². The molecule has 30 heavy (non-hydrogen) atoms. The summed E-state index contributed by atoms with van der Waals surface area (Å²) in [4.78, 5) is 40.2. The molecule has 7 heteroatoms. The maximum absolute atomic E-state index is 13.3. The Morgan fingerprint density at radius 1 is 0.933 bits per heavy atom. The lowest BCUT2D eigenvalue weighted by Crippen LogP contribution is -2.52. The lowest BCUT2D eigenvalue weighted by atomic mass is 10.0. The second kappa shape index (κ2) is 8.39. The molecule has 1 aliphatic rings. The zero-order chi connectivity index (χ0) is 21.1. The van der Waals surface area contributed by atoms with Gasteiger partial charge in [0.2, 0.25) is 11.8 Å². The van der Waals surface area contributed by atoms with E-state index in [1.807, 2.05) is 6.07 Å². The molecule has 1 aliphatic heterocycles. The molecule has 150 valence electrons. The maximum atomic E-state index is 13.3. The van der Waals surface area contributed by atoms with Crippen molar-refractivity contribution in [3.8, 4) is 0 Å². The number of nitrogens with one attached hydrogen (secondary N) is 2. The number of hydrogen-bond donors (Lipinski definition) is 2. The summed E-state index contributed by atoms with van der Waals surface area (Å²) in [7, 11) is 0. The van der Waals surface area contributed by atoms with Crippen molar-refractivity contribution in [3.05, 3.63) is 89.4 Å². The quantitative estimate of drug-likeness (QED) is 0.660. The van der Waals surface area contributed by atoms with E-state index in [1.54, 1.807) is 72.8 Å². The van der Waals surface area contributed by atoms with Crippen LogP contribution in [-0.4, -0.2) is 23.8 Å². The molecule has 0 radical (unpaired) electrons. The summed E-state index contributed by atoms with van der Waals surface area (Å²) in [5.74, 6) is -1.17. The second-order valence-corrected chi connectivity index (χ2v) is 7.26. The number of rotatable bonds is 4. The Hall–Kier alpha value is -3.64. The smallest absolute Gasteiger partial charge is 0.259 e. The van der Waals surface area contributed by atoms with Gasteiger partial charge >= 0.3 is 0 Å². The molecule has 0 bridgehead atoms. The fraction of sp³-hybridized carbons (Fsp3) is 0.0870. The molecule has 1 atom stereocenters. The van der Waals surface area contributed by atoms with Crippen molar-refractivity contribution in [2.24, 2.45) is 0 Å². The lowest BCUT2D eigenvalue weighted by Gasteiger charge is -2.36. The van der Waals surface area contributed by atoms with Crippen LogP contribution in [0.4, 0.5) is 17.1 Å². The van der Waals surface area contributed by atoms with Gasteiger partial charge in [0.1, 0.15) is 6.04 Å². The number of nitrogens with zero attached hydrogens (tertiary/aromatic N) is 1. The van der Waals surface area contributed by atoms with Crippen LogP contribution in [0.25, 0.3) is 0 Å². The van der Waals surface area contributed by atoms with Gasteiger partial charge < -0.3 is 10.6 Å². The topological polar surface area (TPSA) is 78.5 Å². The minimum Gasteiger partial charge on any atom is -0.326 e. The van der Waals surface area contributed by atoms with E-state index in [0.29, 0.717) is 27.6 Å². The standard InChI is InChI=1S/C23H18ClN3O3/c24-16-12-10-15(11-13-16)23(30)27-19-9-5-4-8-18(19)26-22(29)20(27)14-21(28)25-17-6-2-1-3-7-17/h1-13,20H,14H2,(H,25,28)(H,26,29)/t20-/m0/s1. The number of benzene rings is 3. The number of carbonyl (C=O) groups is 3. The van der Waals surface area contributed by atoms with Crippen molar-refractivity contribution in [3.63, 3.8) is 0 Å². The van der Waals surface area contributed by atoms with Gasteiger partial charge in [0.05, 0.1) is 17.8 Å². The van der Waals surface area contributed by atoms with Crippen molar-refractivity contribution in [2.45, 2.75) is 12.5 Å². The van der Waals surface area contributed by atoms with E-state index in [1.165, 1.54) is 4.90 Å². The van der Waals surface area contributed by atoms with Crippen molar-refractivity contribution in [1.82, 2.24) is 0 Å². The summed E-state index contributed by atoms with van der Waals surface area (Å²) in [5.41, 5.74) is 2.05. The number of fused-ring (bicyclic) bond motifs is 1. The monoisotopic (exact) mass is 419 g/mol. The van der Waals surface area contributed by atoms with Gasteiger partial charge in [-0.2, -0.15) is 0 Å². The van der Waals surface area contributed by atoms with Crippen LogP contribution in [0.1, 0.15) is 16.8 Å². The predicted molar refractivity (Wildman–Crippen MR) is 117 cm³/mol. The maximum Gasteiger partial charge on any atom is 0.259 e. The molecule has 0 fully saturated rings. The molecule has 2 N–H and O–H groups in total. The summed E-state index contributed by atoms with van der Waals surface area (Å²) in [6.45, 7) is 0. The van der Waals surface area contributed by atoms with E-state index in [9.17, 15) is 14.4 Å². The van der Waals surface area contributed by atoms with Crippen molar-refractivity contribution in [2.75, 3.05) is 15.5 Å². The van der Waals surface area contributed by atoms with E-state index in [-0.39, 0.29) is 18.2 Å². The summed E-state index contributed by atoms with van der Waals surface area (Å²) < 4.78 is 0. The molecule has 3 aromatic rings. The molecular formula is C23H18ClN3O3. The van der Waals surface area contributed by atoms with Crippen LogP contribution in [0.2, 0.25) is 5.02 Å². The highest BCUT2D eigenvalue weighted by molar-refractivity contribution is 6.30. The van der Waals surface area contributed by atoms with Crippen LogP contribution in [0.5, 0.6) is 0 Å². The van der Waals surface area contributed by atoms with Gasteiger partial charge in [0.15, 0.2) is 0 Å². The zero-order valence-electron chi connectivity index (χ0n) is 15.8. The van der Waals surface area contributed by atoms with Gasteiger partial charge in [-0.25, -0.2) is 0 Å². The molecular weight excluding hydrogens is 402 g/mol. The van der Waals surface area contributed by atoms with Crippen LogP contribution in [-0.2, 0) is 9.59 Å². The van der Waals surface area contributed by atoms with Crippen molar-refractivity contribution < 1.29 is 14.4 Å². The number of anilines is 3. The molecule has 4 rings (SSSR count). The molecule has 1 heterocycles. The molecule has 0 aromatic heterocycles. The highest BCUT2D eigenvalue weighted by Crippen LogP contribution is 2.34. The fourth-order valence-electron chi connectivity index (χ4n) is 3.37. The third-order valence-corrected chi connectivity index (χ3v) is 5.03. The normalized spacial score (nSPS) is 15.2. The Labute approximate surface area is 178 Å². The summed E-state index contributed by atoms with van der Waals surface area (Å²) in [6.07, 6.45) is -0.186. The van der Waals surface area contributed by atoms with Crippen LogP contribution >= 0.6 is 11.6 Å². The average Bonchev–Trinajstić information content (AvgIpc) is 2.75. The number of amides is 3. The summed E-state index contributed by atoms with van der Waals surface area (Å²) in [6, 6.07) is 21.4. The van der Waals surface area contributed by atoms with Gasteiger partial charge in [-0.3, -0.25) is 19.3 Å². The van der Waals surface area contributed by atoms with Gasteiger partial charge in [-0.15, -0.1) is 0 Å². The molecule has 0 aliphatic carbocycles. The highest BCUT2D eigenvalue weighted by atomic mass is 35.5. The van der Waals surface area contributed by atoms with E-state index >= 15 is 0 Å². The zero-order valence-corrected chi connectivity index (χ0v) is 16.6. The molecule has 3 amide bonds. The molecule has 3 aromatic carbocycles. The summed E-state index contributed by atoms with van der Waals surface area (Å²) >= 11 is 5.94. The first-order chi connectivity index (χ1) is 14.5. The molecule has 6 nitrogen and oxygen atoms in total. The molecule has 0 spiro atoms. The Balaban J connectivity index is 1.66. The lowest BCUT2D eigenvalue weighted by molar-refractivity contribution is -0.122. The van der Waals surface area contributed by atoms with Crippen molar-refractivity contribution >= 4 is 46.4 Å². The Morgan fingerprint density at radius 2 is 1.60 bits per heavy atom. The molecule has 0 saturated carbocycles. The van der Waals surface area contributed by atoms with Crippen molar-refractivity contribution in [1.29, 1.82) is 0 Å². The number of hydrogen-bond acceptors (Lipinski definition) is 3. The predicted octanol–water partition coefficient (Wildman–Crippen LogP) is 4.34. The van der Waals surface area contributed by atoms with Crippen LogP contribution < -0.4 is 15.5 Å². The van der Waals surface area contributed by atoms with E-state index in [0.717, 1.165) is 0 Å². The Kier molecular flexibility index (Phi) is 5.50. The van der Waals surface area contributed by atoms with E-state index in [4.69, 9.17) is 11.6 Å². The number of carbonyl (C=O) groups excluding carboxylic acids is 3. The number of halogens is 1. The van der Waals surface area contributed by atoms with Gasteiger partial charge in [0, 0.05) is 16.3 Å². The minimum absolute atomic E-state index is 0.186. The number of para-hydroxylation sites is 3. The third-order valence-electron chi connectivity index (χ3n) is 4.78. The third kappa shape index (κ3) is 4.04. The van der Waals surface area contributed by atoms with Crippen LogP contribution in [0.15, 0.2) is 78.9 Å². The van der Waals surface area contributed by atoms with Crippen LogP contribution in [0.3, 0.4) is 0 Å². The highest BCUT2D eigenvalue weighted by Gasteiger charge is 2.38. The minimum atomic E-state index is -0.994. The average molecular weight is 420 g/mol. The fourth-order valence-corrected chi connectivity index (χ4v) is 3.49. The first-order valence-corrected chi connectivity index (χ1v) is 9.74. The van der Waals surface area contributed by atoms with Gasteiger partial charge in [-0.1, -0.05) is 41.9 Å². The molecule has 0 saturated heterocycles. The first-order valence-electron chi connectivity index (χ1n) is 9.37. The van der Waals surface area contributed by atoms with E-state index < -0.39 is 11.9 Å².